The van der Waals surface area contributed by atoms with E-state index in [9.17, 15) is 39.5 Å². The van der Waals surface area contributed by atoms with Gasteiger partial charge in [0.15, 0.2) is 5.69 Å². The minimum Gasteiger partial charge on any atom is -0.229 e. The molecule has 0 atom stereocenters. The Kier molecular flexibility index (Phi) is 5.10. The van der Waals surface area contributed by atoms with Gasteiger partial charge in [0, 0.05) is 5.56 Å². The molecule has 0 aliphatic carbocycles. The molecule has 0 saturated heterocycles. The van der Waals surface area contributed by atoms with E-state index >= 15 is 0 Å². The lowest BCUT2D eigenvalue weighted by Gasteiger charge is -2.13. The van der Waals surface area contributed by atoms with Crippen molar-refractivity contribution in [1.82, 2.24) is 4.98 Å². The Balaban J connectivity index is 2.67. The molecule has 0 aliphatic heterocycles. The molecular weight excluding hydrogens is 399 g/mol. The quantitative estimate of drug-likeness (QED) is 0.422. The molecule has 26 heavy (non-hydrogen) atoms. The smallest absolute Gasteiger partial charge is 0.229 e. The maximum absolute atomic E-state index is 13.0. The molecule has 0 N–H and O–H groups in total. The highest BCUT2D eigenvalue weighted by Gasteiger charge is 2.54. The maximum Gasteiger partial charge on any atom is 0.438 e. The number of aliphatic imine (C=N–C) groups is 1. The zero-order valence-corrected chi connectivity index (χ0v) is 13.3. The molecule has 1 aromatic heterocycles. The predicted octanol–water partition coefficient (Wildman–Crippen LogP) is 6.33. The number of rotatable bonds is 2. The van der Waals surface area contributed by atoms with Gasteiger partial charge in [-0.15, -0.1) is 0 Å². The van der Waals surface area contributed by atoms with Crippen molar-refractivity contribution < 1.29 is 39.5 Å². The van der Waals surface area contributed by atoms with Gasteiger partial charge in [-0.25, -0.2) is 9.98 Å². The lowest BCUT2D eigenvalue weighted by Crippen LogP contribution is -2.36. The molecule has 2 rings (SSSR count). The average Bonchev–Trinajstić information content (AvgIpc) is 2.87. The first-order valence-electron chi connectivity index (χ1n) is 6.57. The summed E-state index contributed by atoms with van der Waals surface area (Å²) in [6.45, 7) is 1.68. The van der Waals surface area contributed by atoms with Gasteiger partial charge in [-0.3, -0.25) is 0 Å². The number of aromatic nitrogens is 1. The average molecular weight is 406 g/mol. The molecule has 2 aromatic rings. The highest BCUT2D eigenvalue weighted by atomic mass is 32.1. The summed E-state index contributed by atoms with van der Waals surface area (Å²) in [7, 11) is 0. The van der Waals surface area contributed by atoms with E-state index in [0.29, 0.717) is 0 Å². The molecule has 0 spiro atoms. The molecule has 0 aliphatic rings. The number of alkyl halides is 9. The summed E-state index contributed by atoms with van der Waals surface area (Å²) in [6, 6.07) is 5.69. The van der Waals surface area contributed by atoms with Crippen LogP contribution in [0.5, 0.6) is 0 Å². The number of nitrogens with zero attached hydrogens (tertiary/aromatic N) is 2. The highest BCUT2D eigenvalue weighted by molar-refractivity contribution is 7.18. The standard InChI is InChI=1S/C14H7F9N2S/c1-6-2-4-7(5-3-6)9-24-8(12(15,16)17)10(26-9)25-11(13(18,19)20)14(21,22)23/h2-5H,1H3. The first-order valence-corrected chi connectivity index (χ1v) is 7.39. The van der Waals surface area contributed by atoms with E-state index in [4.69, 9.17) is 0 Å². The van der Waals surface area contributed by atoms with E-state index < -0.39 is 39.9 Å². The van der Waals surface area contributed by atoms with Crippen molar-refractivity contribution in [3.8, 4) is 10.6 Å². The summed E-state index contributed by atoms with van der Waals surface area (Å²) in [5.74, 6) is 0. The van der Waals surface area contributed by atoms with E-state index in [2.05, 4.69) is 9.98 Å². The van der Waals surface area contributed by atoms with Crippen molar-refractivity contribution in [2.45, 2.75) is 25.5 Å². The van der Waals surface area contributed by atoms with Crippen molar-refractivity contribution in [3.05, 3.63) is 35.5 Å². The molecule has 1 heterocycles. The first-order chi connectivity index (χ1) is 11.7. The van der Waals surface area contributed by atoms with Crippen molar-refractivity contribution in [2.75, 3.05) is 0 Å². The van der Waals surface area contributed by atoms with Gasteiger partial charge in [-0.05, 0) is 6.92 Å². The molecule has 0 fully saturated rings. The first kappa shape index (κ1) is 20.2. The fraction of sp³-hybridized carbons (Fsp3) is 0.286. The van der Waals surface area contributed by atoms with Crippen molar-refractivity contribution >= 4 is 22.0 Å². The van der Waals surface area contributed by atoms with E-state index in [0.717, 1.165) is 5.56 Å². The van der Waals surface area contributed by atoms with Gasteiger partial charge in [0.05, 0.1) is 0 Å². The minimum atomic E-state index is -5.98. The van der Waals surface area contributed by atoms with Crippen LogP contribution in [0.3, 0.4) is 0 Å². The van der Waals surface area contributed by atoms with Crippen LogP contribution in [0.2, 0.25) is 0 Å². The van der Waals surface area contributed by atoms with E-state index in [1.165, 1.54) is 24.3 Å². The molecule has 0 unspecified atom stereocenters. The normalized spacial score (nSPS) is 13.0. The Hall–Kier alpha value is -2.11. The Morgan fingerprint density at radius 2 is 1.38 bits per heavy atom. The van der Waals surface area contributed by atoms with Crippen LogP contribution in [-0.4, -0.2) is 23.0 Å². The number of hydrogen-bond donors (Lipinski definition) is 0. The lowest BCUT2D eigenvalue weighted by atomic mass is 10.2. The van der Waals surface area contributed by atoms with Crippen LogP contribution < -0.4 is 0 Å². The zero-order valence-electron chi connectivity index (χ0n) is 12.5. The van der Waals surface area contributed by atoms with Crippen LogP contribution in [0.4, 0.5) is 44.5 Å². The fourth-order valence-electron chi connectivity index (χ4n) is 1.78. The van der Waals surface area contributed by atoms with Gasteiger partial charge in [0.25, 0.3) is 0 Å². The molecule has 0 radical (unpaired) electrons. The van der Waals surface area contributed by atoms with E-state index in [1.807, 2.05) is 0 Å². The van der Waals surface area contributed by atoms with Gasteiger partial charge in [0.2, 0.25) is 5.71 Å². The maximum atomic E-state index is 13.0. The molecule has 1 aromatic carbocycles. The van der Waals surface area contributed by atoms with Crippen LogP contribution >= 0.6 is 11.3 Å². The zero-order chi connectivity index (χ0) is 19.9. The summed E-state index contributed by atoms with van der Waals surface area (Å²) >= 11 is -0.0127. The summed E-state index contributed by atoms with van der Waals surface area (Å²) in [6.07, 6.45) is -17.2. The molecule has 0 saturated carbocycles. The van der Waals surface area contributed by atoms with Crippen molar-refractivity contribution in [1.29, 1.82) is 0 Å². The SMILES string of the molecule is Cc1ccc(-c2nc(C(F)(F)F)c(N=C(C(F)(F)F)C(F)(F)F)s2)cc1. The largest absolute Gasteiger partial charge is 0.438 e. The van der Waals surface area contributed by atoms with Gasteiger partial charge >= 0.3 is 18.5 Å². The monoisotopic (exact) mass is 406 g/mol. The molecule has 12 heteroatoms. The summed E-state index contributed by atoms with van der Waals surface area (Å²) < 4.78 is 114. The van der Waals surface area contributed by atoms with E-state index in [-0.39, 0.29) is 16.9 Å². The Bertz CT molecular complexity index is 795. The summed E-state index contributed by atoms with van der Waals surface area (Å²) in [5, 5.41) is -1.92. The second-order valence-corrected chi connectivity index (χ2v) is 5.97. The molecule has 0 amide bonds. The third kappa shape index (κ3) is 4.54. The molecule has 2 nitrogen and oxygen atoms in total. The van der Waals surface area contributed by atoms with Crippen LogP contribution in [0.25, 0.3) is 10.6 Å². The molecule has 0 bridgehead atoms. The van der Waals surface area contributed by atoms with Crippen LogP contribution in [0.15, 0.2) is 29.3 Å². The summed E-state index contributed by atoms with van der Waals surface area (Å²) in [5.41, 5.74) is -4.34. The third-order valence-corrected chi connectivity index (χ3v) is 3.92. The van der Waals surface area contributed by atoms with Crippen LogP contribution in [0.1, 0.15) is 11.3 Å². The topological polar surface area (TPSA) is 25.2 Å². The lowest BCUT2D eigenvalue weighted by molar-refractivity contribution is -0.140. The number of aryl methyl sites for hydroxylation is 1. The molecule has 142 valence electrons. The minimum absolute atomic E-state index is 0.0127. The Morgan fingerprint density at radius 1 is 0.885 bits per heavy atom. The second kappa shape index (κ2) is 6.56. The Labute approximate surface area is 144 Å². The number of thiazole rings is 1. The van der Waals surface area contributed by atoms with Gasteiger partial charge in [0.1, 0.15) is 10.0 Å². The number of benzene rings is 1. The van der Waals surface area contributed by atoms with Crippen LogP contribution in [-0.2, 0) is 6.18 Å². The highest BCUT2D eigenvalue weighted by Crippen LogP contribution is 2.44. The van der Waals surface area contributed by atoms with E-state index in [1.54, 1.807) is 6.92 Å². The van der Waals surface area contributed by atoms with Gasteiger partial charge in [-0.1, -0.05) is 41.2 Å². The predicted molar refractivity (Wildman–Crippen MR) is 76.5 cm³/mol. The van der Waals surface area contributed by atoms with Gasteiger partial charge < -0.3 is 0 Å². The van der Waals surface area contributed by atoms with Crippen molar-refractivity contribution in [3.63, 3.8) is 0 Å². The Morgan fingerprint density at radius 3 is 1.81 bits per heavy atom. The number of halogens is 9. The fourth-order valence-corrected chi connectivity index (χ4v) is 2.75. The molecular formula is C14H7F9N2S. The van der Waals surface area contributed by atoms with Crippen molar-refractivity contribution in [2.24, 2.45) is 4.99 Å². The van der Waals surface area contributed by atoms with Crippen LogP contribution in [0, 0.1) is 6.92 Å². The summed E-state index contributed by atoms with van der Waals surface area (Å²) in [4.78, 5) is 5.38. The second-order valence-electron chi connectivity index (χ2n) is 4.99. The number of hydrogen-bond acceptors (Lipinski definition) is 3. The van der Waals surface area contributed by atoms with Gasteiger partial charge in [-0.2, -0.15) is 39.5 Å². The third-order valence-electron chi connectivity index (χ3n) is 2.93.